The van der Waals surface area contributed by atoms with Crippen LogP contribution in [0.5, 0.6) is 0 Å². The van der Waals surface area contributed by atoms with Crippen molar-refractivity contribution in [3.8, 4) is 0 Å². The molecular formula is C15H20O2. The van der Waals surface area contributed by atoms with E-state index < -0.39 is 0 Å². The number of carbonyl (C=O) groups is 1. The highest BCUT2D eigenvalue weighted by Crippen LogP contribution is 2.56. The van der Waals surface area contributed by atoms with Crippen LogP contribution in [0.3, 0.4) is 0 Å². The van der Waals surface area contributed by atoms with Gasteiger partial charge in [0.15, 0.2) is 0 Å². The lowest BCUT2D eigenvalue weighted by Gasteiger charge is -2.49. The maximum absolute atomic E-state index is 11.6. The van der Waals surface area contributed by atoms with Crippen LogP contribution in [0.25, 0.3) is 0 Å². The molecule has 2 heteroatoms. The van der Waals surface area contributed by atoms with Crippen molar-refractivity contribution in [1.29, 1.82) is 0 Å². The Hall–Kier alpha value is -1.05. The first-order valence-corrected chi connectivity index (χ1v) is 6.59. The predicted octanol–water partition coefficient (Wildman–Crippen LogP) is 3.24. The molecule has 1 saturated heterocycles. The summed E-state index contributed by atoms with van der Waals surface area (Å²) in [6.45, 7) is 10.5. The van der Waals surface area contributed by atoms with Gasteiger partial charge in [0.1, 0.15) is 6.10 Å². The van der Waals surface area contributed by atoms with E-state index in [0.29, 0.717) is 16.9 Å². The van der Waals surface area contributed by atoms with Gasteiger partial charge in [-0.15, -0.1) is 0 Å². The van der Waals surface area contributed by atoms with Crippen LogP contribution in [0.2, 0.25) is 0 Å². The van der Waals surface area contributed by atoms with Crippen molar-refractivity contribution in [2.45, 2.75) is 45.1 Å². The number of hydrogen-bond acceptors (Lipinski definition) is 2. The van der Waals surface area contributed by atoms with Crippen molar-refractivity contribution in [3.63, 3.8) is 0 Å². The number of allylic oxidation sites excluding steroid dienone is 1. The molecule has 1 heterocycles. The Bertz CT molecular complexity index is 409. The van der Waals surface area contributed by atoms with E-state index in [1.54, 1.807) is 0 Å². The van der Waals surface area contributed by atoms with Crippen molar-refractivity contribution in [2.75, 3.05) is 0 Å². The fourth-order valence-electron chi connectivity index (χ4n) is 4.12. The van der Waals surface area contributed by atoms with Gasteiger partial charge >= 0.3 is 5.97 Å². The molecule has 3 rings (SSSR count). The minimum atomic E-state index is -0.173. The van der Waals surface area contributed by atoms with Gasteiger partial charge in [0, 0.05) is 11.5 Å². The van der Waals surface area contributed by atoms with Gasteiger partial charge in [-0.25, -0.2) is 4.79 Å². The maximum atomic E-state index is 11.6. The predicted molar refractivity (Wildman–Crippen MR) is 66.3 cm³/mol. The van der Waals surface area contributed by atoms with Crippen molar-refractivity contribution >= 4 is 5.97 Å². The molecule has 0 bridgehead atoms. The molecule has 2 aliphatic carbocycles. The molecular weight excluding hydrogens is 212 g/mol. The smallest absolute Gasteiger partial charge is 0.334 e. The van der Waals surface area contributed by atoms with E-state index in [9.17, 15) is 4.79 Å². The third-order valence-electron chi connectivity index (χ3n) is 5.15. The number of fused-ring (bicyclic) bond motifs is 2. The van der Waals surface area contributed by atoms with Crippen LogP contribution in [-0.2, 0) is 9.53 Å². The fraction of sp³-hybridized carbons (Fsp3) is 0.667. The number of rotatable bonds is 0. The summed E-state index contributed by atoms with van der Waals surface area (Å²) in [6.07, 6.45) is 5.72. The van der Waals surface area contributed by atoms with Crippen LogP contribution >= 0.6 is 0 Å². The average Bonchev–Trinajstić information content (AvgIpc) is 2.52. The Labute approximate surface area is 103 Å². The first kappa shape index (κ1) is 11.1. The molecule has 0 N–H and O–H groups in total. The van der Waals surface area contributed by atoms with Crippen LogP contribution in [0, 0.1) is 17.3 Å². The van der Waals surface area contributed by atoms with Crippen LogP contribution in [0.4, 0.5) is 0 Å². The molecule has 0 spiro atoms. The zero-order chi connectivity index (χ0) is 12.2. The second-order valence-electron chi connectivity index (χ2n) is 6.23. The summed E-state index contributed by atoms with van der Waals surface area (Å²) in [5.74, 6) is 0.632. The molecule has 92 valence electrons. The summed E-state index contributed by atoms with van der Waals surface area (Å²) < 4.78 is 5.46. The Morgan fingerprint density at radius 3 is 2.94 bits per heavy atom. The summed E-state index contributed by atoms with van der Waals surface area (Å²) in [7, 11) is 0. The maximum Gasteiger partial charge on any atom is 0.334 e. The quantitative estimate of drug-likeness (QED) is 0.364. The zero-order valence-electron chi connectivity index (χ0n) is 10.5. The Balaban J connectivity index is 1.91. The standard InChI is InChI=1S/C15H20O2/c1-9-5-4-6-15(3)8-13-11(7-12(9)15)10(2)14(16)17-13/h11-13H,1-2,4-8H2,3H3/t11?,12?,13?,15-/m1/s1. The summed E-state index contributed by atoms with van der Waals surface area (Å²) >= 11 is 0. The molecule has 2 saturated carbocycles. The molecule has 3 aliphatic rings. The average molecular weight is 232 g/mol. The van der Waals surface area contributed by atoms with E-state index in [2.05, 4.69) is 20.1 Å². The van der Waals surface area contributed by atoms with Crippen molar-refractivity contribution in [3.05, 3.63) is 24.3 Å². The second kappa shape index (κ2) is 3.47. The minimum absolute atomic E-state index is 0.0853. The number of hydrogen-bond donors (Lipinski definition) is 0. The highest BCUT2D eigenvalue weighted by Gasteiger charge is 2.52. The summed E-state index contributed by atoms with van der Waals surface area (Å²) in [5.41, 5.74) is 2.36. The molecule has 17 heavy (non-hydrogen) atoms. The third kappa shape index (κ3) is 1.50. The van der Waals surface area contributed by atoms with E-state index >= 15 is 0 Å². The largest absolute Gasteiger partial charge is 0.458 e. The molecule has 0 amide bonds. The summed E-state index contributed by atoms with van der Waals surface area (Å²) in [4.78, 5) is 11.6. The second-order valence-corrected chi connectivity index (χ2v) is 6.23. The van der Waals surface area contributed by atoms with Crippen LogP contribution in [0.1, 0.15) is 39.0 Å². The molecule has 3 fully saturated rings. The zero-order valence-corrected chi connectivity index (χ0v) is 10.5. The molecule has 4 atom stereocenters. The number of esters is 1. The van der Waals surface area contributed by atoms with Gasteiger partial charge < -0.3 is 4.74 Å². The van der Waals surface area contributed by atoms with Gasteiger partial charge in [0.05, 0.1) is 0 Å². The van der Waals surface area contributed by atoms with Crippen molar-refractivity contribution in [1.82, 2.24) is 0 Å². The summed E-state index contributed by atoms with van der Waals surface area (Å²) in [6, 6.07) is 0. The molecule has 3 unspecified atom stereocenters. The monoisotopic (exact) mass is 232 g/mol. The van der Waals surface area contributed by atoms with E-state index in [1.807, 2.05) is 0 Å². The van der Waals surface area contributed by atoms with Gasteiger partial charge in [-0.3, -0.25) is 0 Å². The van der Waals surface area contributed by atoms with Crippen LogP contribution in [0.15, 0.2) is 24.3 Å². The van der Waals surface area contributed by atoms with Gasteiger partial charge in [-0.1, -0.05) is 25.7 Å². The van der Waals surface area contributed by atoms with Crippen LogP contribution in [-0.4, -0.2) is 12.1 Å². The first-order valence-electron chi connectivity index (χ1n) is 6.59. The van der Waals surface area contributed by atoms with E-state index in [4.69, 9.17) is 4.74 Å². The topological polar surface area (TPSA) is 26.3 Å². The molecule has 0 aromatic heterocycles. The van der Waals surface area contributed by atoms with E-state index in [0.717, 1.165) is 19.3 Å². The molecule has 0 aromatic carbocycles. The number of carbonyl (C=O) groups excluding carboxylic acids is 1. The third-order valence-corrected chi connectivity index (χ3v) is 5.15. The van der Waals surface area contributed by atoms with Crippen LogP contribution < -0.4 is 0 Å². The Morgan fingerprint density at radius 1 is 1.41 bits per heavy atom. The van der Waals surface area contributed by atoms with Crippen molar-refractivity contribution in [2.24, 2.45) is 17.3 Å². The van der Waals surface area contributed by atoms with E-state index in [-0.39, 0.29) is 18.0 Å². The van der Waals surface area contributed by atoms with Crippen molar-refractivity contribution < 1.29 is 9.53 Å². The van der Waals surface area contributed by atoms with Gasteiger partial charge in [0.2, 0.25) is 0 Å². The highest BCUT2D eigenvalue weighted by atomic mass is 16.6. The molecule has 2 nitrogen and oxygen atoms in total. The van der Waals surface area contributed by atoms with Gasteiger partial charge in [-0.05, 0) is 43.4 Å². The molecule has 0 radical (unpaired) electrons. The van der Waals surface area contributed by atoms with Gasteiger partial charge in [0.25, 0.3) is 0 Å². The molecule has 1 aliphatic heterocycles. The Kier molecular flexibility index (Phi) is 2.26. The highest BCUT2D eigenvalue weighted by molar-refractivity contribution is 5.90. The minimum Gasteiger partial charge on any atom is -0.458 e. The normalized spacial score (nSPS) is 45.2. The lowest BCUT2D eigenvalue weighted by molar-refractivity contribution is -0.142. The fourth-order valence-corrected chi connectivity index (χ4v) is 4.12. The molecule has 0 aromatic rings. The lowest BCUT2D eigenvalue weighted by Crippen LogP contribution is -2.43. The van der Waals surface area contributed by atoms with E-state index in [1.165, 1.54) is 18.4 Å². The summed E-state index contributed by atoms with van der Waals surface area (Å²) in [5, 5.41) is 0. The number of ether oxygens (including phenoxy) is 1. The Morgan fingerprint density at radius 2 is 2.18 bits per heavy atom. The SMILES string of the molecule is C=C1C(=O)OC2C[C@@]3(C)CCCC(=C)C3CC12. The van der Waals surface area contributed by atoms with Gasteiger partial charge in [-0.2, -0.15) is 0 Å². The first-order chi connectivity index (χ1) is 8.01. The lowest BCUT2D eigenvalue weighted by atomic mass is 9.56.